The molecule has 2 aromatic rings. The van der Waals surface area contributed by atoms with Crippen LogP contribution in [0.2, 0.25) is 0 Å². The van der Waals surface area contributed by atoms with Crippen molar-refractivity contribution in [2.75, 3.05) is 13.2 Å². The van der Waals surface area contributed by atoms with E-state index in [4.69, 9.17) is 17.0 Å². The first-order chi connectivity index (χ1) is 9.24. The number of aromatic amines is 1. The van der Waals surface area contributed by atoms with Crippen molar-refractivity contribution in [1.82, 2.24) is 9.55 Å². The fourth-order valence-electron chi connectivity index (χ4n) is 2.21. The molecule has 0 bridgehead atoms. The van der Waals surface area contributed by atoms with E-state index in [0.29, 0.717) is 0 Å². The first kappa shape index (κ1) is 13.3. The van der Waals surface area contributed by atoms with Crippen LogP contribution in [0.15, 0.2) is 22.7 Å². The van der Waals surface area contributed by atoms with Gasteiger partial charge < -0.3 is 14.3 Å². The summed E-state index contributed by atoms with van der Waals surface area (Å²) in [7, 11) is 0. The molecule has 0 aliphatic heterocycles. The fraction of sp³-hybridized carbons (Fsp3) is 0.500. The molecule has 1 aliphatic carbocycles. The second-order valence-corrected chi connectivity index (χ2v) is 6.42. The molecule has 1 aromatic heterocycles. The van der Waals surface area contributed by atoms with Gasteiger partial charge in [-0.25, -0.2) is 0 Å². The van der Waals surface area contributed by atoms with Crippen molar-refractivity contribution in [3.8, 4) is 0 Å². The number of ether oxygens (including phenoxy) is 1. The maximum absolute atomic E-state index is 5.66. The normalized spacial score (nSPS) is 15.2. The molecule has 0 unspecified atom stereocenters. The highest BCUT2D eigenvalue weighted by atomic mass is 79.9. The van der Waals surface area contributed by atoms with Gasteiger partial charge in [-0.15, -0.1) is 0 Å². The number of fused-ring (bicyclic) bond motifs is 1. The Morgan fingerprint density at radius 1 is 1.42 bits per heavy atom. The molecular formula is C14H17BrN2OS. The molecule has 0 amide bonds. The van der Waals surface area contributed by atoms with Gasteiger partial charge in [0.15, 0.2) is 4.77 Å². The van der Waals surface area contributed by atoms with Crippen molar-refractivity contribution >= 4 is 39.2 Å². The molecule has 0 radical (unpaired) electrons. The summed E-state index contributed by atoms with van der Waals surface area (Å²) in [5, 5.41) is 0. The summed E-state index contributed by atoms with van der Waals surface area (Å²) in [6.07, 6.45) is 3.70. The molecule has 3 nitrogen and oxygen atoms in total. The van der Waals surface area contributed by atoms with Crippen LogP contribution in [-0.4, -0.2) is 22.8 Å². The van der Waals surface area contributed by atoms with Crippen LogP contribution < -0.4 is 0 Å². The summed E-state index contributed by atoms with van der Waals surface area (Å²) in [6, 6.07) is 6.18. The Kier molecular flexibility index (Phi) is 4.05. The van der Waals surface area contributed by atoms with Crippen molar-refractivity contribution in [3.63, 3.8) is 0 Å². The molecule has 1 saturated carbocycles. The van der Waals surface area contributed by atoms with Crippen LogP contribution >= 0.6 is 28.1 Å². The van der Waals surface area contributed by atoms with Gasteiger partial charge in [0.2, 0.25) is 0 Å². The highest BCUT2D eigenvalue weighted by molar-refractivity contribution is 9.10. The van der Waals surface area contributed by atoms with Crippen LogP contribution in [0.5, 0.6) is 0 Å². The molecule has 1 aromatic carbocycles. The minimum absolute atomic E-state index is 0.787. The third-order valence-electron chi connectivity index (χ3n) is 3.46. The van der Waals surface area contributed by atoms with E-state index >= 15 is 0 Å². The third kappa shape index (κ3) is 3.27. The van der Waals surface area contributed by atoms with E-state index in [1.165, 1.54) is 12.8 Å². The molecule has 1 fully saturated rings. The van der Waals surface area contributed by atoms with Crippen molar-refractivity contribution in [2.24, 2.45) is 5.92 Å². The quantitative estimate of drug-likeness (QED) is 0.628. The van der Waals surface area contributed by atoms with Gasteiger partial charge in [0.25, 0.3) is 0 Å². The Balaban J connectivity index is 1.64. The van der Waals surface area contributed by atoms with Crippen molar-refractivity contribution in [1.29, 1.82) is 0 Å². The largest absolute Gasteiger partial charge is 0.381 e. The van der Waals surface area contributed by atoms with E-state index < -0.39 is 0 Å². The van der Waals surface area contributed by atoms with E-state index in [0.717, 1.165) is 52.4 Å². The topological polar surface area (TPSA) is 29.9 Å². The lowest BCUT2D eigenvalue weighted by atomic mass is 10.3. The Bertz CT molecular complexity index is 630. The molecule has 102 valence electrons. The highest BCUT2D eigenvalue weighted by Gasteiger charge is 2.20. The van der Waals surface area contributed by atoms with Crippen molar-refractivity contribution in [3.05, 3.63) is 27.4 Å². The van der Waals surface area contributed by atoms with Crippen molar-refractivity contribution in [2.45, 2.75) is 25.8 Å². The zero-order valence-electron chi connectivity index (χ0n) is 10.7. The monoisotopic (exact) mass is 340 g/mol. The highest BCUT2D eigenvalue weighted by Crippen LogP contribution is 2.28. The first-order valence-electron chi connectivity index (χ1n) is 6.70. The molecular weight excluding hydrogens is 324 g/mol. The van der Waals surface area contributed by atoms with Crippen molar-refractivity contribution < 1.29 is 4.74 Å². The molecule has 3 rings (SSSR count). The second-order valence-electron chi connectivity index (χ2n) is 5.12. The number of aromatic nitrogens is 2. The summed E-state index contributed by atoms with van der Waals surface area (Å²) in [5.41, 5.74) is 2.24. The summed E-state index contributed by atoms with van der Waals surface area (Å²) < 4.78 is 9.68. The molecule has 0 saturated heterocycles. The maximum atomic E-state index is 5.66. The number of aryl methyl sites for hydroxylation is 1. The van der Waals surface area contributed by atoms with E-state index in [1.54, 1.807) is 0 Å². The van der Waals surface area contributed by atoms with E-state index in [-0.39, 0.29) is 0 Å². The molecule has 19 heavy (non-hydrogen) atoms. The average Bonchev–Trinajstić information content (AvgIpc) is 3.15. The van der Waals surface area contributed by atoms with Crippen LogP contribution in [0.1, 0.15) is 19.3 Å². The SMILES string of the molecule is S=c1[nH]c2ccc(Br)cc2n1CCCOCC1CC1. The number of hydrogen-bond acceptors (Lipinski definition) is 2. The smallest absolute Gasteiger partial charge is 0.178 e. The fourth-order valence-corrected chi connectivity index (χ4v) is 2.86. The minimum Gasteiger partial charge on any atom is -0.381 e. The van der Waals surface area contributed by atoms with Gasteiger partial charge in [0, 0.05) is 24.2 Å². The number of benzene rings is 1. The molecule has 1 heterocycles. The summed E-state index contributed by atoms with van der Waals surface area (Å²) >= 11 is 8.88. The second kappa shape index (κ2) is 5.77. The number of rotatable bonds is 6. The molecule has 1 aliphatic rings. The van der Waals surface area contributed by atoms with Crippen LogP contribution in [0.4, 0.5) is 0 Å². The molecule has 0 atom stereocenters. The molecule has 1 N–H and O–H groups in total. The number of H-pyrrole nitrogens is 1. The number of halogens is 1. The zero-order chi connectivity index (χ0) is 13.2. The van der Waals surface area contributed by atoms with Crippen LogP contribution in [-0.2, 0) is 11.3 Å². The maximum Gasteiger partial charge on any atom is 0.178 e. The summed E-state index contributed by atoms with van der Waals surface area (Å²) in [6.45, 7) is 2.66. The first-order valence-corrected chi connectivity index (χ1v) is 7.90. The standard InChI is InChI=1S/C14H17BrN2OS/c15-11-4-5-12-13(8-11)17(14(19)16-12)6-1-7-18-9-10-2-3-10/h4-5,8,10H,1-3,6-7,9H2,(H,16,19). The van der Waals surface area contributed by atoms with E-state index in [9.17, 15) is 0 Å². The molecule has 5 heteroatoms. The van der Waals surface area contributed by atoms with E-state index in [2.05, 4.69) is 37.6 Å². The molecule has 0 spiro atoms. The number of hydrogen-bond donors (Lipinski definition) is 1. The lowest BCUT2D eigenvalue weighted by Gasteiger charge is -2.06. The Morgan fingerprint density at radius 3 is 3.05 bits per heavy atom. The predicted octanol–water partition coefficient (Wildman–Crippen LogP) is 4.28. The average molecular weight is 341 g/mol. The summed E-state index contributed by atoms with van der Waals surface area (Å²) in [5.74, 6) is 0.839. The van der Waals surface area contributed by atoms with Gasteiger partial charge >= 0.3 is 0 Å². The van der Waals surface area contributed by atoms with Gasteiger partial charge in [-0.05, 0) is 55.6 Å². The number of nitrogens with one attached hydrogen (secondary N) is 1. The Hall–Kier alpha value is -0.650. The van der Waals surface area contributed by atoms with Gasteiger partial charge in [0.05, 0.1) is 11.0 Å². The predicted molar refractivity (Wildman–Crippen MR) is 83.0 cm³/mol. The zero-order valence-corrected chi connectivity index (χ0v) is 13.1. The van der Waals surface area contributed by atoms with Crippen LogP contribution in [0.25, 0.3) is 11.0 Å². The Labute approximate surface area is 126 Å². The van der Waals surface area contributed by atoms with Crippen LogP contribution in [0, 0.1) is 10.7 Å². The van der Waals surface area contributed by atoms with Crippen LogP contribution in [0.3, 0.4) is 0 Å². The van der Waals surface area contributed by atoms with E-state index in [1.807, 2.05) is 6.07 Å². The lowest BCUT2D eigenvalue weighted by molar-refractivity contribution is 0.119. The minimum atomic E-state index is 0.787. The number of imidazole rings is 1. The lowest BCUT2D eigenvalue weighted by Crippen LogP contribution is -2.04. The van der Waals surface area contributed by atoms with Gasteiger partial charge in [-0.1, -0.05) is 15.9 Å². The van der Waals surface area contributed by atoms with Gasteiger partial charge in [-0.3, -0.25) is 0 Å². The summed E-state index contributed by atoms with van der Waals surface area (Å²) in [4.78, 5) is 3.24. The van der Waals surface area contributed by atoms with Gasteiger partial charge in [-0.2, -0.15) is 0 Å². The Morgan fingerprint density at radius 2 is 2.26 bits per heavy atom. The third-order valence-corrected chi connectivity index (χ3v) is 4.27. The number of nitrogens with zero attached hydrogens (tertiary/aromatic N) is 1. The van der Waals surface area contributed by atoms with Gasteiger partial charge in [0.1, 0.15) is 0 Å².